The molecule has 1 N–H and O–H groups in total. The highest BCUT2D eigenvalue weighted by Crippen LogP contribution is 2.20. The maximum absolute atomic E-state index is 10.7. The molecule has 1 heterocycles. The van der Waals surface area contributed by atoms with Gasteiger partial charge in [-0.1, -0.05) is 39.5 Å². The summed E-state index contributed by atoms with van der Waals surface area (Å²) in [6, 6.07) is 0. The predicted octanol–water partition coefficient (Wildman–Crippen LogP) is 3.81. The van der Waals surface area contributed by atoms with Crippen molar-refractivity contribution >= 4 is 10.1 Å². The molecule has 0 saturated carbocycles. The standard InChI is InChI=1S/C13H26N2.CHF3O3S/c1-3-5-7-9-14-11-12-15(13-14)10-8-6-4-2;2-1(3,4)8(5,6)7/h11-12H,3-10,13H2,1-2H3;(H,5,6,7). The smallest absolute Gasteiger partial charge is 0.359 e. The fourth-order valence-electron chi connectivity index (χ4n) is 1.94. The second kappa shape index (κ2) is 10.7. The van der Waals surface area contributed by atoms with E-state index in [1.165, 1.54) is 51.6 Å². The minimum atomic E-state index is -5.84. The molecule has 0 aliphatic carbocycles. The first-order chi connectivity index (χ1) is 10.6. The quantitative estimate of drug-likeness (QED) is 0.405. The Bertz CT molecular complexity index is 421. The van der Waals surface area contributed by atoms with Gasteiger partial charge in [-0.25, -0.2) is 0 Å². The van der Waals surface area contributed by atoms with Crippen LogP contribution in [0.25, 0.3) is 0 Å². The minimum absolute atomic E-state index is 1.12. The van der Waals surface area contributed by atoms with Crippen LogP contribution in [-0.4, -0.2) is 48.0 Å². The second-order valence-electron chi connectivity index (χ2n) is 5.40. The summed E-state index contributed by atoms with van der Waals surface area (Å²) >= 11 is 0. The Labute approximate surface area is 136 Å². The number of hydrogen-bond acceptors (Lipinski definition) is 4. The minimum Gasteiger partial charge on any atom is -0.359 e. The Morgan fingerprint density at radius 2 is 1.30 bits per heavy atom. The van der Waals surface area contributed by atoms with Gasteiger partial charge in [-0.2, -0.15) is 21.6 Å². The first-order valence-electron chi connectivity index (χ1n) is 7.82. The van der Waals surface area contributed by atoms with Gasteiger partial charge in [0.25, 0.3) is 0 Å². The lowest BCUT2D eigenvalue weighted by molar-refractivity contribution is -0.0510. The van der Waals surface area contributed by atoms with Gasteiger partial charge >= 0.3 is 15.6 Å². The molecule has 0 atom stereocenters. The van der Waals surface area contributed by atoms with Crippen LogP contribution in [0.4, 0.5) is 13.2 Å². The molecule has 1 aliphatic rings. The summed E-state index contributed by atoms with van der Waals surface area (Å²) in [6.07, 6.45) is 12.5. The lowest BCUT2D eigenvalue weighted by Gasteiger charge is -2.21. The molecule has 0 spiro atoms. The van der Waals surface area contributed by atoms with Crippen molar-refractivity contribution in [1.29, 1.82) is 0 Å². The normalized spacial score (nSPS) is 14.9. The lowest BCUT2D eigenvalue weighted by Crippen LogP contribution is -2.26. The highest BCUT2D eigenvalue weighted by Gasteiger charge is 2.44. The van der Waals surface area contributed by atoms with Gasteiger partial charge in [-0.05, 0) is 12.8 Å². The Morgan fingerprint density at radius 1 is 0.957 bits per heavy atom. The Morgan fingerprint density at radius 3 is 1.57 bits per heavy atom. The van der Waals surface area contributed by atoms with Crippen LogP contribution in [-0.2, 0) is 10.1 Å². The second-order valence-corrected chi connectivity index (χ2v) is 6.81. The van der Waals surface area contributed by atoms with Gasteiger partial charge in [0.05, 0.1) is 6.67 Å². The van der Waals surface area contributed by atoms with Crippen LogP contribution in [0.2, 0.25) is 0 Å². The van der Waals surface area contributed by atoms with Gasteiger partial charge < -0.3 is 9.80 Å². The van der Waals surface area contributed by atoms with Crippen molar-refractivity contribution in [3.05, 3.63) is 12.4 Å². The summed E-state index contributed by atoms with van der Waals surface area (Å²) in [5, 5.41) is 0. The molecule has 138 valence electrons. The van der Waals surface area contributed by atoms with Crippen molar-refractivity contribution in [2.24, 2.45) is 0 Å². The Kier molecular flexibility index (Phi) is 10.3. The monoisotopic (exact) mass is 360 g/mol. The zero-order chi connectivity index (χ0) is 17.9. The molecule has 0 unspecified atom stereocenters. The molecule has 0 aromatic carbocycles. The van der Waals surface area contributed by atoms with E-state index in [4.69, 9.17) is 13.0 Å². The van der Waals surface area contributed by atoms with Crippen molar-refractivity contribution in [3.63, 3.8) is 0 Å². The molecule has 0 saturated heterocycles. The number of halogens is 3. The van der Waals surface area contributed by atoms with Gasteiger partial charge in [-0.15, -0.1) is 0 Å². The van der Waals surface area contributed by atoms with Crippen LogP contribution in [0, 0.1) is 0 Å². The molecule has 0 fully saturated rings. The summed E-state index contributed by atoms with van der Waals surface area (Å²) in [4.78, 5) is 4.86. The number of alkyl halides is 3. The third kappa shape index (κ3) is 10.4. The molecule has 0 amide bonds. The number of nitrogens with zero attached hydrogens (tertiary/aromatic N) is 2. The molecule has 0 radical (unpaired) electrons. The molecule has 0 aromatic heterocycles. The van der Waals surface area contributed by atoms with E-state index in [-0.39, 0.29) is 0 Å². The summed E-state index contributed by atoms with van der Waals surface area (Å²) < 4.78 is 57.5. The van der Waals surface area contributed by atoms with E-state index in [1.54, 1.807) is 0 Å². The topological polar surface area (TPSA) is 60.9 Å². The fourth-order valence-corrected chi connectivity index (χ4v) is 1.94. The van der Waals surface area contributed by atoms with Gasteiger partial charge in [0, 0.05) is 25.5 Å². The average molecular weight is 360 g/mol. The van der Waals surface area contributed by atoms with Crippen molar-refractivity contribution in [1.82, 2.24) is 9.80 Å². The van der Waals surface area contributed by atoms with Crippen molar-refractivity contribution in [3.8, 4) is 0 Å². The van der Waals surface area contributed by atoms with Crippen molar-refractivity contribution < 1.29 is 26.1 Å². The number of hydrogen-bond donors (Lipinski definition) is 1. The zero-order valence-electron chi connectivity index (χ0n) is 13.7. The van der Waals surface area contributed by atoms with E-state index in [9.17, 15) is 13.2 Å². The zero-order valence-corrected chi connectivity index (χ0v) is 14.5. The van der Waals surface area contributed by atoms with E-state index >= 15 is 0 Å². The third-order valence-corrected chi connectivity index (χ3v) is 3.83. The Hall–Kier alpha value is -0.960. The molecular formula is C14H27F3N2O3S. The molecule has 1 rings (SSSR count). The molecule has 9 heteroatoms. The van der Waals surface area contributed by atoms with Crippen LogP contribution in [0.1, 0.15) is 52.4 Å². The van der Waals surface area contributed by atoms with Gasteiger partial charge in [0.15, 0.2) is 0 Å². The fraction of sp³-hybridized carbons (Fsp3) is 0.857. The summed E-state index contributed by atoms with van der Waals surface area (Å²) in [7, 11) is -5.84. The first-order valence-corrected chi connectivity index (χ1v) is 9.26. The molecule has 5 nitrogen and oxygen atoms in total. The molecule has 23 heavy (non-hydrogen) atoms. The van der Waals surface area contributed by atoms with Crippen LogP contribution < -0.4 is 0 Å². The van der Waals surface area contributed by atoms with Crippen molar-refractivity contribution in [2.75, 3.05) is 19.8 Å². The number of unbranched alkanes of at least 4 members (excludes halogenated alkanes) is 4. The van der Waals surface area contributed by atoms with Crippen molar-refractivity contribution in [2.45, 2.75) is 57.9 Å². The highest BCUT2D eigenvalue weighted by molar-refractivity contribution is 7.86. The van der Waals surface area contributed by atoms with Gasteiger partial charge in [0.2, 0.25) is 0 Å². The van der Waals surface area contributed by atoms with E-state index in [2.05, 4.69) is 36.0 Å². The average Bonchev–Trinajstić information content (AvgIpc) is 2.86. The first kappa shape index (κ1) is 22.0. The molecular weight excluding hydrogens is 333 g/mol. The predicted molar refractivity (Wildman–Crippen MR) is 84.1 cm³/mol. The van der Waals surface area contributed by atoms with Gasteiger partial charge in [-0.3, -0.25) is 4.55 Å². The molecule has 0 bridgehead atoms. The van der Waals surface area contributed by atoms with Crippen LogP contribution >= 0.6 is 0 Å². The van der Waals surface area contributed by atoms with Crippen LogP contribution in [0.5, 0.6) is 0 Å². The largest absolute Gasteiger partial charge is 0.522 e. The molecule has 1 aliphatic heterocycles. The van der Waals surface area contributed by atoms with Gasteiger partial charge in [0.1, 0.15) is 0 Å². The van der Waals surface area contributed by atoms with E-state index < -0.39 is 15.6 Å². The maximum atomic E-state index is 10.7. The highest BCUT2D eigenvalue weighted by atomic mass is 32.2. The summed E-state index contributed by atoms with van der Waals surface area (Å²) in [5.74, 6) is 0. The van der Waals surface area contributed by atoms with Crippen LogP contribution in [0.15, 0.2) is 12.4 Å². The van der Waals surface area contributed by atoms with Crippen LogP contribution in [0.3, 0.4) is 0 Å². The Balaban J connectivity index is 0.000000515. The summed E-state index contributed by atoms with van der Waals surface area (Å²) in [6.45, 7) is 8.10. The van der Waals surface area contributed by atoms with E-state index in [0.717, 1.165) is 6.67 Å². The third-order valence-electron chi connectivity index (χ3n) is 3.24. The molecule has 0 aromatic rings. The lowest BCUT2D eigenvalue weighted by atomic mass is 10.2. The number of rotatable bonds is 8. The van der Waals surface area contributed by atoms with E-state index in [0.29, 0.717) is 0 Å². The maximum Gasteiger partial charge on any atom is 0.522 e. The summed E-state index contributed by atoms with van der Waals surface area (Å²) in [5.41, 5.74) is -5.53. The van der Waals surface area contributed by atoms with E-state index in [1.807, 2.05) is 0 Å². The SMILES string of the molecule is CCCCCN1C=CN(CCCCC)C1.O=S(=O)(O)C(F)(F)F.